The lowest BCUT2D eigenvalue weighted by atomic mass is 10.1. The topological polar surface area (TPSA) is 101 Å². The Kier molecular flexibility index (Phi) is 4.65. The SMILES string of the molecule is CCC(NC(=O)Cc1ccccc1[N+](=O)[O-])c1ncc[nH]1. The van der Waals surface area contributed by atoms with Crippen molar-refractivity contribution in [2.24, 2.45) is 0 Å². The lowest BCUT2D eigenvalue weighted by Gasteiger charge is -2.14. The number of amides is 1. The Labute approximate surface area is 121 Å². The Balaban J connectivity index is 2.07. The summed E-state index contributed by atoms with van der Waals surface area (Å²) in [5.41, 5.74) is 0.355. The zero-order valence-corrected chi connectivity index (χ0v) is 11.6. The van der Waals surface area contributed by atoms with Crippen LogP contribution in [0.5, 0.6) is 0 Å². The molecule has 0 aliphatic heterocycles. The minimum atomic E-state index is -0.480. The second-order valence-electron chi connectivity index (χ2n) is 4.57. The van der Waals surface area contributed by atoms with E-state index in [9.17, 15) is 14.9 Å². The number of nitrogens with one attached hydrogen (secondary N) is 2. The molecule has 1 amide bonds. The van der Waals surface area contributed by atoms with Gasteiger partial charge in [-0.3, -0.25) is 14.9 Å². The van der Waals surface area contributed by atoms with Gasteiger partial charge in [-0.15, -0.1) is 0 Å². The third-order valence-corrected chi connectivity index (χ3v) is 3.13. The van der Waals surface area contributed by atoms with E-state index >= 15 is 0 Å². The van der Waals surface area contributed by atoms with Crippen LogP contribution in [-0.4, -0.2) is 20.8 Å². The quantitative estimate of drug-likeness (QED) is 0.628. The molecule has 0 spiro atoms. The van der Waals surface area contributed by atoms with E-state index in [1.165, 1.54) is 6.07 Å². The number of aromatic nitrogens is 2. The van der Waals surface area contributed by atoms with Crippen LogP contribution in [0.4, 0.5) is 5.69 Å². The number of H-pyrrole nitrogens is 1. The van der Waals surface area contributed by atoms with Gasteiger partial charge in [0.05, 0.1) is 17.4 Å². The number of carbonyl (C=O) groups excluding carboxylic acids is 1. The first-order valence-corrected chi connectivity index (χ1v) is 6.62. The third kappa shape index (κ3) is 3.65. The van der Waals surface area contributed by atoms with Gasteiger partial charge < -0.3 is 10.3 Å². The van der Waals surface area contributed by atoms with Crippen molar-refractivity contribution in [3.8, 4) is 0 Å². The van der Waals surface area contributed by atoms with Crippen LogP contribution < -0.4 is 5.32 Å². The van der Waals surface area contributed by atoms with E-state index < -0.39 is 4.92 Å². The fourth-order valence-electron chi connectivity index (χ4n) is 2.09. The van der Waals surface area contributed by atoms with Gasteiger partial charge in [0.2, 0.25) is 5.91 Å². The zero-order chi connectivity index (χ0) is 15.2. The van der Waals surface area contributed by atoms with Crippen molar-refractivity contribution in [3.63, 3.8) is 0 Å². The number of carbonyl (C=O) groups is 1. The van der Waals surface area contributed by atoms with Gasteiger partial charge in [-0.25, -0.2) is 4.98 Å². The molecule has 0 aliphatic carbocycles. The molecule has 1 aromatic carbocycles. The van der Waals surface area contributed by atoms with E-state index in [2.05, 4.69) is 15.3 Å². The molecule has 2 rings (SSSR count). The molecular weight excluding hydrogens is 272 g/mol. The fourth-order valence-corrected chi connectivity index (χ4v) is 2.09. The van der Waals surface area contributed by atoms with E-state index in [0.717, 1.165) is 0 Å². The predicted molar refractivity (Wildman–Crippen MR) is 76.6 cm³/mol. The molecule has 0 aliphatic rings. The summed E-state index contributed by atoms with van der Waals surface area (Å²) in [4.78, 5) is 29.6. The lowest BCUT2D eigenvalue weighted by Crippen LogP contribution is -2.30. The van der Waals surface area contributed by atoms with Gasteiger partial charge >= 0.3 is 0 Å². The molecule has 0 fully saturated rings. The van der Waals surface area contributed by atoms with Crippen LogP contribution in [0.15, 0.2) is 36.7 Å². The Hall–Kier alpha value is -2.70. The van der Waals surface area contributed by atoms with Crippen molar-refractivity contribution in [2.45, 2.75) is 25.8 Å². The standard InChI is InChI=1S/C14H16N4O3/c1-2-11(14-15-7-8-16-14)17-13(19)9-10-5-3-4-6-12(10)18(20)21/h3-8,11H,2,9H2,1H3,(H,15,16)(H,17,19). The molecule has 7 heteroatoms. The second-order valence-corrected chi connectivity index (χ2v) is 4.57. The first kappa shape index (κ1) is 14.7. The largest absolute Gasteiger partial charge is 0.347 e. The average molecular weight is 288 g/mol. The number of nitrogens with zero attached hydrogens (tertiary/aromatic N) is 2. The minimum Gasteiger partial charge on any atom is -0.347 e. The maximum atomic E-state index is 12.1. The molecule has 21 heavy (non-hydrogen) atoms. The molecule has 0 radical (unpaired) electrons. The monoisotopic (exact) mass is 288 g/mol. The minimum absolute atomic E-state index is 0.0334. The molecule has 0 saturated heterocycles. The molecule has 7 nitrogen and oxygen atoms in total. The van der Waals surface area contributed by atoms with Gasteiger partial charge in [0.1, 0.15) is 5.82 Å². The van der Waals surface area contributed by atoms with Crippen molar-refractivity contribution in [3.05, 3.63) is 58.2 Å². The van der Waals surface area contributed by atoms with E-state index in [0.29, 0.717) is 17.8 Å². The molecule has 1 aromatic heterocycles. The average Bonchev–Trinajstić information content (AvgIpc) is 2.99. The van der Waals surface area contributed by atoms with Crippen molar-refractivity contribution in [1.82, 2.24) is 15.3 Å². The number of benzene rings is 1. The van der Waals surface area contributed by atoms with Crippen molar-refractivity contribution >= 4 is 11.6 Å². The summed E-state index contributed by atoms with van der Waals surface area (Å²) in [6, 6.07) is 6.02. The van der Waals surface area contributed by atoms with Gasteiger partial charge in [-0.05, 0) is 6.42 Å². The summed E-state index contributed by atoms with van der Waals surface area (Å²) < 4.78 is 0. The summed E-state index contributed by atoms with van der Waals surface area (Å²) in [6.07, 6.45) is 3.95. The zero-order valence-electron chi connectivity index (χ0n) is 11.6. The molecule has 2 aromatic rings. The maximum absolute atomic E-state index is 12.1. The highest BCUT2D eigenvalue weighted by molar-refractivity contribution is 5.80. The molecule has 1 unspecified atom stereocenters. The first-order valence-electron chi connectivity index (χ1n) is 6.62. The fraction of sp³-hybridized carbons (Fsp3) is 0.286. The molecule has 110 valence electrons. The number of nitro groups is 1. The summed E-state index contributed by atoms with van der Waals surface area (Å²) in [5.74, 6) is 0.404. The highest BCUT2D eigenvalue weighted by Crippen LogP contribution is 2.19. The van der Waals surface area contributed by atoms with Gasteiger partial charge in [-0.2, -0.15) is 0 Å². The van der Waals surface area contributed by atoms with Crippen molar-refractivity contribution < 1.29 is 9.72 Å². The van der Waals surface area contributed by atoms with Crippen LogP contribution in [0.3, 0.4) is 0 Å². The van der Waals surface area contributed by atoms with Crippen LogP contribution in [0, 0.1) is 10.1 Å². The van der Waals surface area contributed by atoms with Gasteiger partial charge in [0.15, 0.2) is 0 Å². The van der Waals surface area contributed by atoms with E-state index in [1.54, 1.807) is 30.6 Å². The Morgan fingerprint density at radius 2 is 2.24 bits per heavy atom. The number of hydrogen-bond donors (Lipinski definition) is 2. The number of para-hydroxylation sites is 1. The van der Waals surface area contributed by atoms with Crippen LogP contribution >= 0.6 is 0 Å². The molecule has 0 saturated carbocycles. The highest BCUT2D eigenvalue weighted by atomic mass is 16.6. The summed E-state index contributed by atoms with van der Waals surface area (Å²) in [6.45, 7) is 1.93. The van der Waals surface area contributed by atoms with Crippen LogP contribution in [0.2, 0.25) is 0 Å². The van der Waals surface area contributed by atoms with Gasteiger partial charge in [-0.1, -0.05) is 25.1 Å². The van der Waals surface area contributed by atoms with E-state index in [-0.39, 0.29) is 24.1 Å². The lowest BCUT2D eigenvalue weighted by molar-refractivity contribution is -0.385. The number of hydrogen-bond acceptors (Lipinski definition) is 4. The van der Waals surface area contributed by atoms with Gasteiger partial charge in [0, 0.05) is 24.0 Å². The Bertz CT molecular complexity index is 625. The third-order valence-electron chi connectivity index (χ3n) is 3.13. The molecule has 1 heterocycles. The Morgan fingerprint density at radius 3 is 2.86 bits per heavy atom. The number of rotatable bonds is 6. The normalized spacial score (nSPS) is 11.9. The number of nitro benzene ring substituents is 1. The molecule has 0 bridgehead atoms. The smallest absolute Gasteiger partial charge is 0.273 e. The van der Waals surface area contributed by atoms with Crippen LogP contribution in [0.25, 0.3) is 0 Å². The molecule has 2 N–H and O–H groups in total. The highest BCUT2D eigenvalue weighted by Gasteiger charge is 2.19. The van der Waals surface area contributed by atoms with Crippen molar-refractivity contribution in [2.75, 3.05) is 0 Å². The maximum Gasteiger partial charge on any atom is 0.273 e. The summed E-state index contributed by atoms with van der Waals surface area (Å²) in [5, 5.41) is 13.8. The van der Waals surface area contributed by atoms with E-state index in [1.807, 2.05) is 6.92 Å². The van der Waals surface area contributed by atoms with Crippen LogP contribution in [0.1, 0.15) is 30.8 Å². The molecular formula is C14H16N4O3. The van der Waals surface area contributed by atoms with Gasteiger partial charge in [0.25, 0.3) is 5.69 Å². The summed E-state index contributed by atoms with van der Waals surface area (Å²) in [7, 11) is 0. The molecule has 1 atom stereocenters. The van der Waals surface area contributed by atoms with Crippen LogP contribution in [-0.2, 0) is 11.2 Å². The predicted octanol–water partition coefficient (Wildman–Crippen LogP) is 2.13. The summed E-state index contributed by atoms with van der Waals surface area (Å²) >= 11 is 0. The Morgan fingerprint density at radius 1 is 1.48 bits per heavy atom. The number of imidazole rings is 1. The first-order chi connectivity index (χ1) is 10.1. The number of aromatic amines is 1. The van der Waals surface area contributed by atoms with E-state index in [4.69, 9.17) is 0 Å². The van der Waals surface area contributed by atoms with Crippen molar-refractivity contribution in [1.29, 1.82) is 0 Å². The second kappa shape index (κ2) is 6.65.